The summed E-state index contributed by atoms with van der Waals surface area (Å²) in [5, 5.41) is 16.7. The van der Waals surface area contributed by atoms with Crippen molar-refractivity contribution in [3.63, 3.8) is 0 Å². The smallest absolute Gasteiger partial charge is 0.221 e. The molecule has 1 aliphatic carbocycles. The molecule has 2 aromatic carbocycles. The maximum absolute atomic E-state index is 13.9. The zero-order valence-corrected chi connectivity index (χ0v) is 18.4. The van der Waals surface area contributed by atoms with E-state index in [-0.39, 0.29) is 11.7 Å². The molecule has 166 valence electrons. The molecule has 32 heavy (non-hydrogen) atoms. The van der Waals surface area contributed by atoms with Crippen LogP contribution in [0.3, 0.4) is 0 Å². The number of aromatic nitrogens is 1. The molecule has 3 aromatic rings. The van der Waals surface area contributed by atoms with Crippen molar-refractivity contribution in [2.45, 2.75) is 45.6 Å². The van der Waals surface area contributed by atoms with Crippen molar-refractivity contribution in [2.24, 2.45) is 5.92 Å². The Morgan fingerprint density at radius 3 is 2.41 bits per heavy atom. The molecule has 0 bridgehead atoms. The van der Waals surface area contributed by atoms with Crippen LogP contribution in [0.25, 0.3) is 22.4 Å². The highest BCUT2D eigenvalue weighted by Gasteiger charge is 2.19. The molecular weight excluding hydrogens is 405 g/mol. The molecule has 0 spiro atoms. The van der Waals surface area contributed by atoms with E-state index < -0.39 is 5.82 Å². The summed E-state index contributed by atoms with van der Waals surface area (Å²) in [4.78, 5) is 16.0. The van der Waals surface area contributed by atoms with Gasteiger partial charge in [0.2, 0.25) is 5.91 Å². The van der Waals surface area contributed by atoms with E-state index in [2.05, 4.69) is 17.6 Å². The molecule has 1 amide bonds. The van der Waals surface area contributed by atoms with Gasteiger partial charge in [0.05, 0.1) is 5.69 Å². The van der Waals surface area contributed by atoms with Gasteiger partial charge in [0.1, 0.15) is 17.4 Å². The van der Waals surface area contributed by atoms with E-state index in [4.69, 9.17) is 4.98 Å². The first kappa shape index (κ1) is 21.8. The van der Waals surface area contributed by atoms with Gasteiger partial charge in [-0.15, -0.1) is 0 Å². The number of halogens is 1. The minimum absolute atomic E-state index is 0.0190. The molecule has 0 radical (unpaired) electrons. The van der Waals surface area contributed by atoms with Crippen molar-refractivity contribution in [2.75, 3.05) is 10.6 Å². The van der Waals surface area contributed by atoms with Crippen LogP contribution in [-0.4, -0.2) is 22.0 Å². The molecule has 0 atom stereocenters. The average Bonchev–Trinajstić information content (AvgIpc) is 2.77. The monoisotopic (exact) mass is 433 g/mol. The summed E-state index contributed by atoms with van der Waals surface area (Å²) in [7, 11) is 0. The van der Waals surface area contributed by atoms with Crippen LogP contribution in [0.5, 0.6) is 5.75 Å². The second kappa shape index (κ2) is 9.39. The molecular formula is C26H28FN3O2. The van der Waals surface area contributed by atoms with Crippen LogP contribution < -0.4 is 10.6 Å². The van der Waals surface area contributed by atoms with E-state index in [1.807, 2.05) is 36.4 Å². The molecule has 0 unspecified atom stereocenters. The predicted molar refractivity (Wildman–Crippen MR) is 126 cm³/mol. The van der Waals surface area contributed by atoms with Gasteiger partial charge in [-0.1, -0.05) is 19.1 Å². The summed E-state index contributed by atoms with van der Waals surface area (Å²) in [5.41, 5.74) is 3.38. The van der Waals surface area contributed by atoms with Crippen LogP contribution in [0.2, 0.25) is 0 Å². The maximum Gasteiger partial charge on any atom is 0.221 e. The van der Waals surface area contributed by atoms with Crippen LogP contribution in [0, 0.1) is 11.7 Å². The molecule has 4 rings (SSSR count). The lowest BCUT2D eigenvalue weighted by molar-refractivity contribution is -0.114. The Bertz CT molecular complexity index is 1110. The lowest BCUT2D eigenvalue weighted by atomic mass is 9.87. The Hall–Kier alpha value is -3.41. The number of pyridine rings is 1. The zero-order chi connectivity index (χ0) is 22.7. The summed E-state index contributed by atoms with van der Waals surface area (Å²) in [6.45, 7) is 3.75. The molecule has 6 heteroatoms. The Morgan fingerprint density at radius 1 is 1.00 bits per heavy atom. The van der Waals surface area contributed by atoms with E-state index >= 15 is 0 Å². The van der Waals surface area contributed by atoms with E-state index in [9.17, 15) is 14.3 Å². The number of amides is 1. The van der Waals surface area contributed by atoms with E-state index in [1.54, 1.807) is 0 Å². The molecule has 1 saturated carbocycles. The number of hydrogen-bond acceptors (Lipinski definition) is 4. The second-order valence-corrected chi connectivity index (χ2v) is 8.65. The van der Waals surface area contributed by atoms with Crippen LogP contribution in [0.1, 0.15) is 39.5 Å². The van der Waals surface area contributed by atoms with Gasteiger partial charge in [0.15, 0.2) is 0 Å². The van der Waals surface area contributed by atoms with Crippen LogP contribution in [-0.2, 0) is 4.79 Å². The first-order valence-electron chi connectivity index (χ1n) is 11.0. The summed E-state index contributed by atoms with van der Waals surface area (Å²) >= 11 is 0. The van der Waals surface area contributed by atoms with E-state index in [0.29, 0.717) is 28.8 Å². The molecule has 0 saturated heterocycles. The molecule has 0 aliphatic heterocycles. The normalized spacial score (nSPS) is 18.2. The van der Waals surface area contributed by atoms with Crippen molar-refractivity contribution in [1.82, 2.24) is 4.98 Å². The minimum atomic E-state index is -0.430. The van der Waals surface area contributed by atoms with Crippen molar-refractivity contribution in [3.8, 4) is 28.1 Å². The Kier molecular flexibility index (Phi) is 6.40. The van der Waals surface area contributed by atoms with Gasteiger partial charge in [0, 0.05) is 24.2 Å². The number of rotatable bonds is 5. The molecule has 1 aliphatic rings. The maximum atomic E-state index is 13.9. The van der Waals surface area contributed by atoms with Crippen LogP contribution >= 0.6 is 0 Å². The fraction of sp³-hybridized carbons (Fsp3) is 0.308. The quantitative estimate of drug-likeness (QED) is 0.447. The molecule has 5 nitrogen and oxygen atoms in total. The zero-order valence-electron chi connectivity index (χ0n) is 18.4. The Labute approximate surface area is 187 Å². The summed E-state index contributed by atoms with van der Waals surface area (Å²) in [6, 6.07) is 15.5. The largest absolute Gasteiger partial charge is 0.507 e. The van der Waals surface area contributed by atoms with Gasteiger partial charge in [-0.3, -0.25) is 4.79 Å². The molecule has 1 aromatic heterocycles. The van der Waals surface area contributed by atoms with E-state index in [1.165, 1.54) is 38.0 Å². The van der Waals surface area contributed by atoms with Crippen molar-refractivity contribution < 1.29 is 14.3 Å². The third-order valence-electron chi connectivity index (χ3n) is 5.97. The van der Waals surface area contributed by atoms with Gasteiger partial charge >= 0.3 is 0 Å². The highest BCUT2D eigenvalue weighted by atomic mass is 19.1. The fourth-order valence-electron chi connectivity index (χ4n) is 4.19. The van der Waals surface area contributed by atoms with Gasteiger partial charge in [-0.2, -0.15) is 0 Å². The fourth-order valence-corrected chi connectivity index (χ4v) is 4.19. The highest BCUT2D eigenvalue weighted by molar-refractivity contribution is 5.89. The number of anilines is 2. The van der Waals surface area contributed by atoms with Crippen molar-refractivity contribution in [1.29, 1.82) is 0 Å². The summed E-state index contributed by atoms with van der Waals surface area (Å²) in [6.07, 6.45) is 4.52. The van der Waals surface area contributed by atoms with Gasteiger partial charge in [-0.25, -0.2) is 9.37 Å². The van der Waals surface area contributed by atoms with Crippen molar-refractivity contribution >= 4 is 17.4 Å². The number of phenols is 1. The summed E-state index contributed by atoms with van der Waals surface area (Å²) < 4.78 is 13.9. The first-order valence-corrected chi connectivity index (χ1v) is 11.0. The number of benzene rings is 2. The minimum Gasteiger partial charge on any atom is -0.507 e. The third-order valence-corrected chi connectivity index (χ3v) is 5.97. The number of nitrogens with one attached hydrogen (secondary N) is 2. The lowest BCUT2D eigenvalue weighted by Gasteiger charge is -2.27. The Balaban J connectivity index is 1.71. The SMILES string of the molecule is CC(=O)Nc1ccc(-c2cc(NC3CCC(C)CC3)nc(-c3cc(F)ccc3O)c2)cc1. The first-order chi connectivity index (χ1) is 15.4. The molecule has 1 heterocycles. The number of aromatic hydroxyl groups is 1. The van der Waals surface area contributed by atoms with E-state index in [0.717, 1.165) is 29.9 Å². The number of nitrogens with zero attached hydrogens (tertiary/aromatic N) is 1. The topological polar surface area (TPSA) is 74.2 Å². The average molecular weight is 434 g/mol. The van der Waals surface area contributed by atoms with Gasteiger partial charge in [-0.05, 0) is 85.2 Å². The number of carbonyl (C=O) groups is 1. The van der Waals surface area contributed by atoms with Gasteiger partial charge < -0.3 is 15.7 Å². The van der Waals surface area contributed by atoms with Crippen molar-refractivity contribution in [3.05, 3.63) is 60.4 Å². The summed E-state index contributed by atoms with van der Waals surface area (Å²) in [5.74, 6) is 0.870. The van der Waals surface area contributed by atoms with Gasteiger partial charge in [0.25, 0.3) is 0 Å². The number of carbonyl (C=O) groups excluding carboxylic acids is 1. The Morgan fingerprint density at radius 2 is 1.72 bits per heavy atom. The second-order valence-electron chi connectivity index (χ2n) is 8.65. The predicted octanol–water partition coefficient (Wildman–Crippen LogP) is 6.21. The third kappa shape index (κ3) is 5.25. The van der Waals surface area contributed by atoms with Crippen LogP contribution in [0.15, 0.2) is 54.6 Å². The standard InChI is InChI=1S/C26H28FN3O2/c1-16-3-8-22(9-4-16)29-26-14-19(18-5-10-21(11-6-18)28-17(2)31)13-24(30-26)23-15-20(27)7-12-25(23)32/h5-7,10-16,22,32H,3-4,8-9H2,1-2H3,(H,28,31)(H,29,30). The molecule has 3 N–H and O–H groups in total. The van der Waals surface area contributed by atoms with Crippen LogP contribution in [0.4, 0.5) is 15.9 Å². The lowest BCUT2D eigenvalue weighted by Crippen LogP contribution is -2.25. The number of phenolic OH excluding ortho intramolecular Hbond substituents is 1. The molecule has 1 fully saturated rings. The highest BCUT2D eigenvalue weighted by Crippen LogP contribution is 2.34. The number of hydrogen-bond donors (Lipinski definition) is 3.